The van der Waals surface area contributed by atoms with Gasteiger partial charge < -0.3 is 0 Å². The van der Waals surface area contributed by atoms with Crippen LogP contribution in [0.3, 0.4) is 0 Å². The highest BCUT2D eigenvalue weighted by Crippen LogP contribution is 2.42. The number of fused-ring (bicyclic) bond motifs is 1. The highest BCUT2D eigenvalue weighted by atomic mass is 14.3. The van der Waals surface area contributed by atoms with Gasteiger partial charge in [0.05, 0.1) is 0 Å². The van der Waals surface area contributed by atoms with Crippen molar-refractivity contribution in [1.82, 2.24) is 0 Å². The Labute approximate surface area is 188 Å². The molecule has 1 saturated carbocycles. The van der Waals surface area contributed by atoms with E-state index in [1.807, 2.05) is 0 Å². The molecule has 5 rings (SSSR count). The Balaban J connectivity index is 1.38. The van der Waals surface area contributed by atoms with E-state index >= 15 is 0 Å². The Morgan fingerprint density at radius 1 is 0.839 bits per heavy atom. The molecular weight excluding hydrogens is 372 g/mol. The van der Waals surface area contributed by atoms with Crippen molar-refractivity contribution >= 4 is 5.57 Å². The number of benzene rings is 2. The molecule has 0 N–H and O–H groups in total. The van der Waals surface area contributed by atoms with Crippen LogP contribution in [0.5, 0.6) is 0 Å². The van der Waals surface area contributed by atoms with Crippen LogP contribution in [0, 0.1) is 12.8 Å². The smallest absolute Gasteiger partial charge is 0.0281 e. The summed E-state index contributed by atoms with van der Waals surface area (Å²) in [7, 11) is 0. The summed E-state index contributed by atoms with van der Waals surface area (Å²) >= 11 is 0. The Hall–Kier alpha value is -2.60. The first-order valence-corrected chi connectivity index (χ1v) is 12.2. The van der Waals surface area contributed by atoms with E-state index in [1.54, 1.807) is 5.56 Å². The zero-order valence-corrected chi connectivity index (χ0v) is 19.0. The second-order valence-corrected chi connectivity index (χ2v) is 9.55. The van der Waals surface area contributed by atoms with Gasteiger partial charge in [-0.1, -0.05) is 99.0 Å². The maximum atomic E-state index is 2.40. The predicted molar refractivity (Wildman–Crippen MR) is 133 cm³/mol. The van der Waals surface area contributed by atoms with Gasteiger partial charge in [0, 0.05) is 5.92 Å². The van der Waals surface area contributed by atoms with Crippen LogP contribution in [-0.2, 0) is 12.8 Å². The molecule has 1 fully saturated rings. The average Bonchev–Trinajstić information content (AvgIpc) is 3.31. The third-order valence-corrected chi connectivity index (χ3v) is 7.60. The van der Waals surface area contributed by atoms with Crippen molar-refractivity contribution in [3.63, 3.8) is 0 Å². The van der Waals surface area contributed by atoms with Crippen molar-refractivity contribution in [3.8, 4) is 0 Å². The molecule has 1 atom stereocenters. The summed E-state index contributed by atoms with van der Waals surface area (Å²) in [6.07, 6.45) is 20.8. The fourth-order valence-corrected chi connectivity index (χ4v) is 5.68. The third-order valence-electron chi connectivity index (χ3n) is 7.60. The zero-order chi connectivity index (χ0) is 21.2. The minimum Gasteiger partial charge on any atom is -0.0726 e. The fourth-order valence-electron chi connectivity index (χ4n) is 5.68. The van der Waals surface area contributed by atoms with Crippen LogP contribution in [0.1, 0.15) is 72.8 Å². The van der Waals surface area contributed by atoms with E-state index in [2.05, 4.69) is 86.7 Å². The van der Waals surface area contributed by atoms with Crippen LogP contribution in [0.4, 0.5) is 0 Å². The summed E-state index contributed by atoms with van der Waals surface area (Å²) in [5.41, 5.74) is 11.6. The van der Waals surface area contributed by atoms with Gasteiger partial charge in [-0.15, -0.1) is 0 Å². The maximum absolute atomic E-state index is 2.40. The van der Waals surface area contributed by atoms with Crippen LogP contribution in [-0.4, -0.2) is 0 Å². The summed E-state index contributed by atoms with van der Waals surface area (Å²) in [6.45, 7) is 4.47. The van der Waals surface area contributed by atoms with Gasteiger partial charge in [0.2, 0.25) is 0 Å². The molecule has 3 aliphatic carbocycles. The standard InChI is InChI=1S/C31H34/c1-3-24-21-28(15-12-22(24)2)30-19-18-27(29-10-7-11-31(29)30)20-23-13-16-26(17-14-23)25-8-5-4-6-9-25/h7,10-19,21,25,31H,3-6,8-9,20H2,1-2H3. The molecule has 0 saturated heterocycles. The third kappa shape index (κ3) is 4.13. The van der Waals surface area contributed by atoms with Crippen LogP contribution in [0.2, 0.25) is 0 Å². The lowest BCUT2D eigenvalue weighted by molar-refractivity contribution is 0.443. The van der Waals surface area contributed by atoms with Crippen LogP contribution in [0.25, 0.3) is 5.57 Å². The Morgan fingerprint density at radius 3 is 2.42 bits per heavy atom. The van der Waals surface area contributed by atoms with Crippen LogP contribution < -0.4 is 0 Å². The number of allylic oxidation sites excluding steroid dienone is 8. The van der Waals surface area contributed by atoms with Gasteiger partial charge in [-0.2, -0.15) is 0 Å². The molecule has 0 bridgehead atoms. The van der Waals surface area contributed by atoms with E-state index in [0.717, 1.165) is 18.8 Å². The lowest BCUT2D eigenvalue weighted by Gasteiger charge is -2.25. The van der Waals surface area contributed by atoms with E-state index in [0.29, 0.717) is 5.92 Å². The molecule has 2 aromatic rings. The first-order valence-electron chi connectivity index (χ1n) is 12.2. The van der Waals surface area contributed by atoms with Gasteiger partial charge in [-0.25, -0.2) is 0 Å². The lowest BCUT2D eigenvalue weighted by atomic mass is 9.79. The lowest BCUT2D eigenvalue weighted by Crippen LogP contribution is -2.10. The first kappa shape index (κ1) is 20.3. The predicted octanol–water partition coefficient (Wildman–Crippen LogP) is 8.28. The molecule has 2 aromatic carbocycles. The van der Waals surface area contributed by atoms with E-state index in [1.165, 1.54) is 71.1 Å². The molecule has 0 aliphatic heterocycles. The quantitative estimate of drug-likeness (QED) is 0.468. The maximum Gasteiger partial charge on any atom is 0.0281 e. The molecule has 1 unspecified atom stereocenters. The van der Waals surface area contributed by atoms with E-state index in [-0.39, 0.29) is 0 Å². The van der Waals surface area contributed by atoms with E-state index in [9.17, 15) is 0 Å². The summed E-state index contributed by atoms with van der Waals surface area (Å²) < 4.78 is 0. The Morgan fingerprint density at radius 2 is 1.65 bits per heavy atom. The van der Waals surface area contributed by atoms with Crippen molar-refractivity contribution in [2.75, 3.05) is 0 Å². The van der Waals surface area contributed by atoms with Gasteiger partial charge in [0.15, 0.2) is 0 Å². The minimum absolute atomic E-state index is 0.397. The summed E-state index contributed by atoms with van der Waals surface area (Å²) in [6, 6.07) is 16.5. The fraction of sp³-hybridized carbons (Fsp3) is 0.355. The van der Waals surface area contributed by atoms with Gasteiger partial charge >= 0.3 is 0 Å². The van der Waals surface area contributed by atoms with Crippen LogP contribution in [0.15, 0.2) is 84.0 Å². The van der Waals surface area contributed by atoms with Crippen LogP contribution >= 0.6 is 0 Å². The van der Waals surface area contributed by atoms with E-state index in [4.69, 9.17) is 0 Å². The number of hydrogen-bond donors (Lipinski definition) is 0. The molecule has 0 radical (unpaired) electrons. The molecule has 0 heteroatoms. The van der Waals surface area contributed by atoms with Gasteiger partial charge in [-0.3, -0.25) is 0 Å². The van der Waals surface area contributed by atoms with Gasteiger partial charge in [0.1, 0.15) is 0 Å². The van der Waals surface area contributed by atoms with E-state index < -0.39 is 0 Å². The molecule has 0 amide bonds. The molecule has 0 spiro atoms. The molecule has 158 valence electrons. The largest absolute Gasteiger partial charge is 0.0726 e. The summed E-state index contributed by atoms with van der Waals surface area (Å²) in [5.74, 6) is 1.18. The number of aryl methyl sites for hydroxylation is 2. The molecule has 0 heterocycles. The van der Waals surface area contributed by atoms with Crippen molar-refractivity contribution in [2.24, 2.45) is 5.92 Å². The zero-order valence-electron chi connectivity index (χ0n) is 19.0. The van der Waals surface area contributed by atoms with Crippen molar-refractivity contribution in [3.05, 3.63) is 112 Å². The molecule has 0 nitrogen and oxygen atoms in total. The van der Waals surface area contributed by atoms with Gasteiger partial charge in [0.25, 0.3) is 0 Å². The molecule has 0 aromatic heterocycles. The summed E-state index contributed by atoms with van der Waals surface area (Å²) in [5, 5.41) is 0. The van der Waals surface area contributed by atoms with Crippen molar-refractivity contribution < 1.29 is 0 Å². The molecule has 31 heavy (non-hydrogen) atoms. The monoisotopic (exact) mass is 406 g/mol. The van der Waals surface area contributed by atoms with Crippen molar-refractivity contribution in [2.45, 2.75) is 64.7 Å². The first-order chi connectivity index (χ1) is 15.2. The summed E-state index contributed by atoms with van der Waals surface area (Å²) in [4.78, 5) is 0. The number of hydrogen-bond acceptors (Lipinski definition) is 0. The second-order valence-electron chi connectivity index (χ2n) is 9.55. The molecule has 3 aliphatic rings. The average molecular weight is 407 g/mol. The van der Waals surface area contributed by atoms with Crippen molar-refractivity contribution in [1.29, 1.82) is 0 Å². The van der Waals surface area contributed by atoms with Gasteiger partial charge in [-0.05, 0) is 83.1 Å². The Kier molecular flexibility index (Phi) is 5.81. The minimum atomic E-state index is 0.397. The number of rotatable bonds is 5. The normalized spacial score (nSPS) is 20.8. The highest BCUT2D eigenvalue weighted by molar-refractivity contribution is 5.79. The molecular formula is C31H34. The Bertz CT molecular complexity index is 1070. The highest BCUT2D eigenvalue weighted by Gasteiger charge is 2.26. The second kappa shape index (κ2) is 8.87. The SMILES string of the molecule is CCc1cc(C2=CC=C(Cc3ccc(C4CCCCC4)cc3)C3=CC=CC32)ccc1C. The topological polar surface area (TPSA) is 0 Å².